The summed E-state index contributed by atoms with van der Waals surface area (Å²) in [7, 11) is 0. The molecule has 0 radical (unpaired) electrons. The van der Waals surface area contributed by atoms with E-state index in [4.69, 9.17) is 18.9 Å². The smallest absolute Gasteiger partial charge is 0.330 e. The van der Waals surface area contributed by atoms with Gasteiger partial charge in [-0.2, -0.15) is 0 Å². The first-order valence-corrected chi connectivity index (χ1v) is 13.8. The molecule has 0 heterocycles. The quantitative estimate of drug-likeness (QED) is 0.0807. The van der Waals surface area contributed by atoms with E-state index in [1.54, 1.807) is 12.1 Å². The Labute approximate surface area is 248 Å². The second-order valence-corrected chi connectivity index (χ2v) is 10.7. The summed E-state index contributed by atoms with van der Waals surface area (Å²) in [6, 6.07) is 6.46. The molecule has 200 valence electrons. The van der Waals surface area contributed by atoms with Crippen LogP contribution in [0.4, 0.5) is 0 Å². The summed E-state index contributed by atoms with van der Waals surface area (Å²) in [6.45, 7) is 8.34. The fourth-order valence-electron chi connectivity index (χ4n) is 3.38. The van der Waals surface area contributed by atoms with Crippen LogP contribution in [-0.4, -0.2) is 54.9 Å². The average molecular weight is 772 g/mol. The molecule has 1 unspecified atom stereocenters. The SMILES string of the molecule is C=CC(=O)OCCOC(OCCOC(=O)C=C)C(C)(c1ccc(O)cc1)c1c(Br)c(Br)c(O)c(Br)c1Br. The molecule has 0 spiro atoms. The van der Waals surface area contributed by atoms with Crippen molar-refractivity contribution in [2.45, 2.75) is 18.6 Å². The van der Waals surface area contributed by atoms with E-state index in [1.807, 2.05) is 6.92 Å². The standard InChI is InChI=1S/C25H24Br4O8/c1-4-16(31)34-10-12-36-24(37-13-11-35-17(32)5-2)25(3,14-6-8-15(30)9-7-14)18-19(26)21(28)23(33)22(29)20(18)27/h4-9,24,30,33H,1-2,10-13H2,3H3. The molecule has 2 rings (SSSR count). The van der Waals surface area contributed by atoms with Crippen molar-refractivity contribution in [1.82, 2.24) is 0 Å². The number of halogens is 4. The minimum absolute atomic E-state index is 0.0402. The molecule has 1 atom stereocenters. The van der Waals surface area contributed by atoms with Crippen LogP contribution in [0.5, 0.6) is 11.5 Å². The summed E-state index contributed by atoms with van der Waals surface area (Å²) in [5.74, 6) is -1.18. The highest BCUT2D eigenvalue weighted by Gasteiger charge is 2.44. The van der Waals surface area contributed by atoms with Crippen molar-refractivity contribution >= 4 is 75.7 Å². The molecule has 0 saturated carbocycles. The van der Waals surface area contributed by atoms with Crippen LogP contribution in [0.25, 0.3) is 0 Å². The number of esters is 2. The minimum Gasteiger partial charge on any atom is -0.508 e. The Morgan fingerprint density at radius 3 is 1.68 bits per heavy atom. The molecule has 0 bridgehead atoms. The second-order valence-electron chi connectivity index (χ2n) is 7.55. The Bertz CT molecular complexity index is 1100. The molecule has 0 fully saturated rings. The van der Waals surface area contributed by atoms with E-state index < -0.39 is 23.6 Å². The highest BCUT2D eigenvalue weighted by atomic mass is 79.9. The number of ether oxygens (including phenoxy) is 4. The predicted octanol–water partition coefficient (Wildman–Crippen LogP) is 6.27. The van der Waals surface area contributed by atoms with Crippen molar-refractivity contribution in [2.75, 3.05) is 26.4 Å². The molecule has 0 aliphatic carbocycles. The minimum atomic E-state index is -1.12. The topological polar surface area (TPSA) is 112 Å². The van der Waals surface area contributed by atoms with E-state index in [9.17, 15) is 19.8 Å². The van der Waals surface area contributed by atoms with Gasteiger partial charge < -0.3 is 29.2 Å². The van der Waals surface area contributed by atoms with Crippen LogP contribution in [0.1, 0.15) is 18.1 Å². The number of carbonyl (C=O) groups excluding carboxylic acids is 2. The third kappa shape index (κ3) is 7.67. The monoisotopic (exact) mass is 768 g/mol. The summed E-state index contributed by atoms with van der Waals surface area (Å²) in [6.07, 6.45) is 1.04. The maximum Gasteiger partial charge on any atom is 0.330 e. The summed E-state index contributed by atoms with van der Waals surface area (Å²) >= 11 is 14.0. The Kier molecular flexibility index (Phi) is 12.3. The van der Waals surface area contributed by atoms with Crippen LogP contribution in [0, 0.1) is 0 Å². The zero-order valence-electron chi connectivity index (χ0n) is 19.6. The molecule has 2 aromatic carbocycles. The zero-order chi connectivity index (χ0) is 27.8. The molecule has 12 heteroatoms. The fourth-order valence-corrected chi connectivity index (χ4v) is 6.30. The maximum absolute atomic E-state index is 11.5. The molecule has 8 nitrogen and oxygen atoms in total. The first kappa shape index (κ1) is 31.5. The van der Waals surface area contributed by atoms with E-state index in [0.29, 0.717) is 29.0 Å². The van der Waals surface area contributed by atoms with E-state index in [1.165, 1.54) is 12.1 Å². The van der Waals surface area contributed by atoms with Gasteiger partial charge in [-0.3, -0.25) is 0 Å². The fraction of sp³-hybridized carbons (Fsp3) is 0.280. The van der Waals surface area contributed by atoms with Crippen molar-refractivity contribution in [3.8, 4) is 11.5 Å². The number of carbonyl (C=O) groups is 2. The third-order valence-electron chi connectivity index (χ3n) is 5.23. The largest absolute Gasteiger partial charge is 0.508 e. The van der Waals surface area contributed by atoms with E-state index in [2.05, 4.69) is 76.9 Å². The van der Waals surface area contributed by atoms with Crippen molar-refractivity contribution in [3.05, 3.63) is 78.6 Å². The Balaban J connectivity index is 2.61. The summed E-state index contributed by atoms with van der Waals surface area (Å²) in [4.78, 5) is 22.9. The van der Waals surface area contributed by atoms with Gasteiger partial charge in [0.25, 0.3) is 0 Å². The average Bonchev–Trinajstić information content (AvgIpc) is 2.89. The van der Waals surface area contributed by atoms with Gasteiger partial charge in [0.1, 0.15) is 24.7 Å². The number of hydrogen-bond acceptors (Lipinski definition) is 8. The van der Waals surface area contributed by atoms with Gasteiger partial charge in [-0.05, 0) is 93.9 Å². The Morgan fingerprint density at radius 2 is 1.27 bits per heavy atom. The Morgan fingerprint density at radius 1 is 0.838 bits per heavy atom. The van der Waals surface area contributed by atoms with Gasteiger partial charge in [-0.15, -0.1) is 0 Å². The first-order chi connectivity index (χ1) is 17.5. The summed E-state index contributed by atoms with van der Waals surface area (Å²) in [5.41, 5.74) is 0.174. The van der Waals surface area contributed by atoms with E-state index in [0.717, 1.165) is 12.2 Å². The lowest BCUT2D eigenvalue weighted by Gasteiger charge is -2.40. The lowest BCUT2D eigenvalue weighted by molar-refractivity contribution is -0.186. The molecule has 0 aliphatic rings. The van der Waals surface area contributed by atoms with Crippen LogP contribution in [0.15, 0.2) is 67.5 Å². The van der Waals surface area contributed by atoms with Crippen molar-refractivity contribution in [3.63, 3.8) is 0 Å². The Hall–Kier alpha value is -1.70. The number of phenolic OH excluding ortho intramolecular Hbond substituents is 2. The normalized spacial score (nSPS) is 12.6. The number of hydrogen-bond donors (Lipinski definition) is 2. The van der Waals surface area contributed by atoms with Gasteiger partial charge in [-0.1, -0.05) is 25.3 Å². The van der Waals surface area contributed by atoms with Crippen molar-refractivity contribution in [2.24, 2.45) is 0 Å². The molecular weight excluding hydrogens is 748 g/mol. The highest BCUT2D eigenvalue weighted by Crippen LogP contribution is 2.52. The summed E-state index contributed by atoms with van der Waals surface area (Å²) < 4.78 is 24.0. The maximum atomic E-state index is 11.5. The van der Waals surface area contributed by atoms with Gasteiger partial charge in [-0.25, -0.2) is 9.59 Å². The van der Waals surface area contributed by atoms with Crippen LogP contribution in [0.2, 0.25) is 0 Å². The van der Waals surface area contributed by atoms with Gasteiger partial charge in [0.15, 0.2) is 6.29 Å². The summed E-state index contributed by atoms with van der Waals surface area (Å²) in [5, 5.41) is 20.5. The van der Waals surface area contributed by atoms with E-state index in [-0.39, 0.29) is 37.9 Å². The van der Waals surface area contributed by atoms with Crippen LogP contribution >= 0.6 is 63.7 Å². The van der Waals surface area contributed by atoms with Gasteiger partial charge >= 0.3 is 11.9 Å². The van der Waals surface area contributed by atoms with Gasteiger partial charge in [0.05, 0.1) is 27.6 Å². The molecule has 2 N–H and O–H groups in total. The molecular formula is C25H24Br4O8. The predicted molar refractivity (Wildman–Crippen MR) is 151 cm³/mol. The third-order valence-corrected chi connectivity index (χ3v) is 9.42. The molecule has 0 saturated heterocycles. The molecule has 0 aliphatic heterocycles. The van der Waals surface area contributed by atoms with Gasteiger partial charge in [0.2, 0.25) is 0 Å². The highest BCUT2D eigenvalue weighted by molar-refractivity contribution is 9.14. The molecule has 0 aromatic heterocycles. The van der Waals surface area contributed by atoms with Crippen LogP contribution < -0.4 is 0 Å². The van der Waals surface area contributed by atoms with Gasteiger partial charge in [0, 0.05) is 21.1 Å². The van der Waals surface area contributed by atoms with E-state index >= 15 is 0 Å². The van der Waals surface area contributed by atoms with Crippen LogP contribution in [0.3, 0.4) is 0 Å². The molecule has 37 heavy (non-hydrogen) atoms. The number of aromatic hydroxyl groups is 2. The van der Waals surface area contributed by atoms with Crippen molar-refractivity contribution < 1.29 is 38.7 Å². The molecule has 2 aromatic rings. The zero-order valence-corrected chi connectivity index (χ0v) is 26.0. The van der Waals surface area contributed by atoms with Crippen molar-refractivity contribution in [1.29, 1.82) is 0 Å². The molecule has 0 amide bonds. The number of phenols is 2. The second kappa shape index (κ2) is 14.5. The number of rotatable bonds is 13. The lowest BCUT2D eigenvalue weighted by atomic mass is 9.75. The number of benzene rings is 2. The first-order valence-electron chi connectivity index (χ1n) is 10.6. The lowest BCUT2D eigenvalue weighted by Crippen LogP contribution is -2.43. The van der Waals surface area contributed by atoms with Crippen LogP contribution in [-0.2, 0) is 34.0 Å².